The third kappa shape index (κ3) is 6.55. The maximum atomic E-state index is 12.0. The Bertz CT molecular complexity index is 899. The molecule has 0 aliphatic heterocycles. The first-order chi connectivity index (χ1) is 13.7. The van der Waals surface area contributed by atoms with E-state index in [0.29, 0.717) is 18.0 Å². The lowest BCUT2D eigenvalue weighted by Crippen LogP contribution is -2.29. The van der Waals surface area contributed by atoms with Crippen LogP contribution in [0.15, 0.2) is 72.1 Å². The number of amides is 2. The number of carbonyl (C=O) groups is 2. The van der Waals surface area contributed by atoms with E-state index in [-0.39, 0.29) is 18.4 Å². The topological polar surface area (TPSA) is 88.9 Å². The lowest BCUT2D eigenvalue weighted by Gasteiger charge is -2.05. The molecular weight excluding hydrogens is 374 g/mol. The van der Waals surface area contributed by atoms with Gasteiger partial charge >= 0.3 is 0 Å². The van der Waals surface area contributed by atoms with Crippen molar-refractivity contribution in [2.75, 3.05) is 17.6 Å². The molecule has 2 aromatic heterocycles. The van der Waals surface area contributed by atoms with E-state index in [4.69, 9.17) is 0 Å². The number of nitrogens with zero attached hydrogens (tertiary/aromatic N) is 3. The van der Waals surface area contributed by atoms with Crippen LogP contribution in [-0.2, 0) is 22.6 Å². The molecule has 2 N–H and O–H groups in total. The average molecular weight is 395 g/mol. The van der Waals surface area contributed by atoms with Crippen molar-refractivity contribution in [3.05, 3.63) is 72.8 Å². The number of carbonyl (C=O) groups excluding carboxylic acids is 2. The molecule has 0 fully saturated rings. The summed E-state index contributed by atoms with van der Waals surface area (Å²) in [5.41, 5.74) is 1.69. The Morgan fingerprint density at radius 2 is 1.82 bits per heavy atom. The van der Waals surface area contributed by atoms with Gasteiger partial charge in [-0.3, -0.25) is 19.3 Å². The van der Waals surface area contributed by atoms with E-state index in [1.165, 1.54) is 22.6 Å². The lowest BCUT2D eigenvalue weighted by molar-refractivity contribution is -0.121. The molecule has 2 amide bonds. The van der Waals surface area contributed by atoms with Crippen LogP contribution >= 0.6 is 11.8 Å². The lowest BCUT2D eigenvalue weighted by atomic mass is 10.2. The molecule has 1 aromatic carbocycles. The minimum atomic E-state index is -0.130. The monoisotopic (exact) mass is 395 g/mol. The Morgan fingerprint density at radius 3 is 2.61 bits per heavy atom. The van der Waals surface area contributed by atoms with Gasteiger partial charge in [-0.1, -0.05) is 18.2 Å². The number of hydrogen-bond donors (Lipinski definition) is 2. The number of benzene rings is 1. The Hall–Kier alpha value is -3.13. The second kappa shape index (κ2) is 10.3. The molecule has 2 heterocycles. The fourth-order valence-electron chi connectivity index (χ4n) is 2.48. The van der Waals surface area contributed by atoms with Crippen molar-refractivity contribution in [2.24, 2.45) is 0 Å². The zero-order valence-corrected chi connectivity index (χ0v) is 16.1. The highest BCUT2D eigenvalue weighted by Crippen LogP contribution is 2.17. The number of hydrogen-bond acceptors (Lipinski definition) is 5. The zero-order valence-electron chi connectivity index (χ0n) is 15.2. The molecule has 0 bridgehead atoms. The summed E-state index contributed by atoms with van der Waals surface area (Å²) in [6.45, 7) is 0.648. The highest BCUT2D eigenvalue weighted by molar-refractivity contribution is 8.00. The average Bonchev–Trinajstić information content (AvgIpc) is 3.14. The van der Waals surface area contributed by atoms with Crippen LogP contribution in [0.2, 0.25) is 0 Å². The molecule has 3 aromatic rings. The molecule has 0 aliphatic carbocycles. The smallest absolute Gasteiger partial charge is 0.241 e. The quantitative estimate of drug-likeness (QED) is 0.543. The number of rotatable bonds is 9. The second-order valence-electron chi connectivity index (χ2n) is 6.03. The maximum Gasteiger partial charge on any atom is 0.241 e. The molecule has 28 heavy (non-hydrogen) atoms. The van der Waals surface area contributed by atoms with Crippen molar-refractivity contribution >= 4 is 29.3 Å². The van der Waals surface area contributed by atoms with Gasteiger partial charge in [-0.15, -0.1) is 11.8 Å². The summed E-state index contributed by atoms with van der Waals surface area (Å²) in [5.74, 6) is 0.0647. The van der Waals surface area contributed by atoms with Gasteiger partial charge in [0.05, 0.1) is 17.6 Å². The van der Waals surface area contributed by atoms with Gasteiger partial charge in [0.25, 0.3) is 0 Å². The van der Waals surface area contributed by atoms with Gasteiger partial charge in [-0.25, -0.2) is 0 Å². The van der Waals surface area contributed by atoms with Crippen LogP contribution in [0.3, 0.4) is 0 Å². The first kappa shape index (κ1) is 19.6. The van der Waals surface area contributed by atoms with Gasteiger partial charge in [-0.05, 0) is 36.2 Å². The number of pyridine rings is 1. The van der Waals surface area contributed by atoms with Gasteiger partial charge in [0.1, 0.15) is 6.54 Å². The Kier molecular flexibility index (Phi) is 7.20. The van der Waals surface area contributed by atoms with Crippen molar-refractivity contribution in [3.63, 3.8) is 0 Å². The number of anilines is 1. The van der Waals surface area contributed by atoms with Crippen LogP contribution < -0.4 is 10.6 Å². The molecule has 0 saturated carbocycles. The standard InChI is InChI=1S/C20H21N5O2S/c26-19(22-11-8-16-6-9-21-10-7-16)14-25-13-17(12-23-25)24-20(27)15-28-18-4-2-1-3-5-18/h1-7,9-10,12-13H,8,11,14-15H2,(H,22,26)(H,24,27). The summed E-state index contributed by atoms with van der Waals surface area (Å²) >= 11 is 1.47. The fraction of sp³-hybridized carbons (Fsp3) is 0.200. The van der Waals surface area contributed by atoms with Crippen molar-refractivity contribution < 1.29 is 9.59 Å². The summed E-state index contributed by atoms with van der Waals surface area (Å²) in [6, 6.07) is 13.6. The predicted octanol–water partition coefficient (Wildman–Crippen LogP) is 2.37. The van der Waals surface area contributed by atoms with E-state index in [1.54, 1.807) is 18.6 Å². The van der Waals surface area contributed by atoms with Crippen LogP contribution in [0.4, 0.5) is 5.69 Å². The number of thioether (sulfide) groups is 1. The van der Waals surface area contributed by atoms with Crippen LogP contribution in [0.5, 0.6) is 0 Å². The predicted molar refractivity (Wildman–Crippen MR) is 109 cm³/mol. The minimum absolute atomic E-state index is 0.102. The molecule has 0 unspecified atom stereocenters. The Morgan fingerprint density at radius 1 is 1.04 bits per heavy atom. The molecule has 0 aliphatic rings. The molecule has 0 radical (unpaired) electrons. The third-order valence-corrected chi connectivity index (χ3v) is 4.83. The summed E-state index contributed by atoms with van der Waals surface area (Å²) in [7, 11) is 0. The minimum Gasteiger partial charge on any atom is -0.354 e. The molecule has 0 spiro atoms. The first-order valence-electron chi connectivity index (χ1n) is 8.85. The highest BCUT2D eigenvalue weighted by atomic mass is 32.2. The van der Waals surface area contributed by atoms with Crippen molar-refractivity contribution in [3.8, 4) is 0 Å². The molecule has 0 saturated heterocycles. The first-order valence-corrected chi connectivity index (χ1v) is 9.83. The third-order valence-electron chi connectivity index (χ3n) is 3.82. The molecule has 7 nitrogen and oxygen atoms in total. The SMILES string of the molecule is O=C(Cn1cc(NC(=O)CSc2ccccc2)cn1)NCCc1ccncc1. The van der Waals surface area contributed by atoms with E-state index in [2.05, 4.69) is 20.7 Å². The molecule has 0 atom stereocenters. The van der Waals surface area contributed by atoms with Crippen LogP contribution in [0, 0.1) is 0 Å². The molecular formula is C20H21N5O2S. The summed E-state index contributed by atoms with van der Waals surface area (Å²) in [6.07, 6.45) is 7.39. The van der Waals surface area contributed by atoms with Gasteiger partial charge in [0, 0.05) is 30.0 Å². The van der Waals surface area contributed by atoms with Crippen LogP contribution in [-0.4, -0.2) is 38.9 Å². The van der Waals surface area contributed by atoms with E-state index in [1.807, 2.05) is 42.5 Å². The van der Waals surface area contributed by atoms with Crippen LogP contribution in [0.25, 0.3) is 0 Å². The summed E-state index contributed by atoms with van der Waals surface area (Å²) in [5, 5.41) is 9.77. The van der Waals surface area contributed by atoms with Gasteiger partial charge in [0.15, 0.2) is 0 Å². The van der Waals surface area contributed by atoms with E-state index in [0.717, 1.165) is 16.9 Å². The number of nitrogens with one attached hydrogen (secondary N) is 2. The largest absolute Gasteiger partial charge is 0.354 e. The normalized spacial score (nSPS) is 10.4. The Balaban J connectivity index is 1.38. The molecule has 144 valence electrons. The van der Waals surface area contributed by atoms with Gasteiger partial charge < -0.3 is 10.6 Å². The van der Waals surface area contributed by atoms with Crippen molar-refractivity contribution in [1.29, 1.82) is 0 Å². The summed E-state index contributed by atoms with van der Waals surface area (Å²) in [4.78, 5) is 29.1. The van der Waals surface area contributed by atoms with E-state index in [9.17, 15) is 9.59 Å². The maximum absolute atomic E-state index is 12.0. The Labute approximate surface area is 167 Å². The number of aromatic nitrogens is 3. The van der Waals surface area contributed by atoms with E-state index >= 15 is 0 Å². The molecule has 8 heteroatoms. The van der Waals surface area contributed by atoms with Crippen molar-refractivity contribution in [2.45, 2.75) is 17.9 Å². The summed E-state index contributed by atoms with van der Waals surface area (Å²) < 4.78 is 1.50. The highest BCUT2D eigenvalue weighted by Gasteiger charge is 2.08. The second-order valence-corrected chi connectivity index (χ2v) is 7.08. The van der Waals surface area contributed by atoms with E-state index < -0.39 is 0 Å². The van der Waals surface area contributed by atoms with Crippen LogP contribution in [0.1, 0.15) is 5.56 Å². The van der Waals surface area contributed by atoms with Crippen molar-refractivity contribution in [1.82, 2.24) is 20.1 Å². The fourth-order valence-corrected chi connectivity index (χ4v) is 3.20. The van der Waals surface area contributed by atoms with Gasteiger partial charge in [-0.2, -0.15) is 5.10 Å². The van der Waals surface area contributed by atoms with Gasteiger partial charge in [0.2, 0.25) is 11.8 Å². The zero-order chi connectivity index (χ0) is 19.6. The molecule has 3 rings (SSSR count).